The number of phenols is 1. The summed E-state index contributed by atoms with van der Waals surface area (Å²) in [6.45, 7) is 6.42. The third-order valence-corrected chi connectivity index (χ3v) is 6.16. The third-order valence-electron chi connectivity index (χ3n) is 4.94. The van der Waals surface area contributed by atoms with E-state index in [1.165, 1.54) is 11.3 Å². The van der Waals surface area contributed by atoms with Crippen molar-refractivity contribution >= 4 is 23.6 Å². The van der Waals surface area contributed by atoms with E-state index >= 15 is 0 Å². The summed E-state index contributed by atoms with van der Waals surface area (Å²) >= 11 is 6.49. The summed E-state index contributed by atoms with van der Waals surface area (Å²) in [4.78, 5) is 3.61. The molecule has 3 nitrogen and oxygen atoms in total. The maximum Gasteiger partial charge on any atom is 0.203 e. The molecular weight excluding hydrogens is 362 g/mol. The monoisotopic (exact) mass is 385 g/mol. The Morgan fingerprint density at radius 2 is 1.81 bits per heavy atom. The highest BCUT2D eigenvalue weighted by molar-refractivity contribution is 7.73. The maximum atomic E-state index is 10.3. The fourth-order valence-corrected chi connectivity index (χ4v) is 4.12. The molecule has 5 heteroatoms. The van der Waals surface area contributed by atoms with Gasteiger partial charge in [-0.1, -0.05) is 51.1 Å². The Kier molecular flexibility index (Phi) is 5.21. The van der Waals surface area contributed by atoms with Crippen molar-refractivity contribution in [2.45, 2.75) is 39.0 Å². The van der Waals surface area contributed by atoms with Gasteiger partial charge in [0.15, 0.2) is 3.95 Å². The molecule has 3 rings (SSSR count). The van der Waals surface area contributed by atoms with Crippen LogP contribution in [-0.4, -0.2) is 15.2 Å². The fourth-order valence-electron chi connectivity index (χ4n) is 2.97. The molecule has 0 spiro atoms. The maximum absolute atomic E-state index is 10.3. The first-order valence-corrected chi connectivity index (χ1v) is 9.86. The van der Waals surface area contributed by atoms with E-state index in [2.05, 4.69) is 44.0 Å². The Morgan fingerprint density at radius 3 is 2.46 bits per heavy atom. The molecule has 3 N–H and O–H groups in total. The lowest BCUT2D eigenvalue weighted by molar-refractivity contribution is 0.429. The molecule has 2 aromatic carbocycles. The number of nitrogens with one attached hydrogen (secondary N) is 1. The van der Waals surface area contributed by atoms with Gasteiger partial charge in [-0.3, -0.25) is 0 Å². The molecule has 1 heterocycles. The van der Waals surface area contributed by atoms with Crippen LogP contribution in [0.4, 0.5) is 0 Å². The van der Waals surface area contributed by atoms with Crippen LogP contribution in [0.25, 0.3) is 11.1 Å². The molecule has 0 aliphatic rings. The molecule has 0 aliphatic heterocycles. The number of benzene rings is 2. The molecule has 0 fully saturated rings. The van der Waals surface area contributed by atoms with Gasteiger partial charge in [0.25, 0.3) is 0 Å². The predicted molar refractivity (Wildman–Crippen MR) is 111 cm³/mol. The number of aromatic nitrogens is 1. The zero-order valence-electron chi connectivity index (χ0n) is 15.2. The third kappa shape index (κ3) is 3.84. The number of rotatable bonds is 5. The molecule has 0 radical (unpaired) electrons. The Morgan fingerprint density at radius 1 is 1.08 bits per heavy atom. The predicted octanol–water partition coefficient (Wildman–Crippen LogP) is 6.16. The Hall–Kier alpha value is -2.11. The second-order valence-corrected chi connectivity index (χ2v) is 8.90. The van der Waals surface area contributed by atoms with E-state index in [0.29, 0.717) is 16.1 Å². The van der Waals surface area contributed by atoms with Gasteiger partial charge in [0.2, 0.25) is 5.88 Å². The molecule has 136 valence electrons. The van der Waals surface area contributed by atoms with E-state index in [-0.39, 0.29) is 11.3 Å². The van der Waals surface area contributed by atoms with Gasteiger partial charge < -0.3 is 15.2 Å². The minimum Gasteiger partial charge on any atom is -0.508 e. The van der Waals surface area contributed by atoms with Crippen molar-refractivity contribution in [3.05, 3.63) is 62.4 Å². The minimum absolute atomic E-state index is 0.0871. The Balaban J connectivity index is 1.97. The summed E-state index contributed by atoms with van der Waals surface area (Å²) in [6, 6.07) is 14.1. The van der Waals surface area contributed by atoms with Crippen molar-refractivity contribution in [2.24, 2.45) is 0 Å². The number of aromatic amines is 1. The van der Waals surface area contributed by atoms with E-state index in [1.54, 1.807) is 6.07 Å². The highest BCUT2D eigenvalue weighted by Crippen LogP contribution is 2.37. The van der Waals surface area contributed by atoms with E-state index in [9.17, 15) is 10.2 Å². The second-order valence-electron chi connectivity index (χ2n) is 7.13. The Labute approximate surface area is 163 Å². The Bertz CT molecular complexity index is 986. The summed E-state index contributed by atoms with van der Waals surface area (Å²) in [6.07, 6.45) is 1.57. The van der Waals surface area contributed by atoms with Crippen molar-refractivity contribution in [1.29, 1.82) is 0 Å². The minimum atomic E-state index is -0.0871. The smallest absolute Gasteiger partial charge is 0.203 e. The molecule has 0 bridgehead atoms. The first-order valence-electron chi connectivity index (χ1n) is 8.64. The summed E-state index contributed by atoms with van der Waals surface area (Å²) in [5, 5.41) is 20.2. The van der Waals surface area contributed by atoms with Crippen molar-refractivity contribution in [1.82, 2.24) is 4.98 Å². The lowest BCUT2D eigenvalue weighted by Gasteiger charge is -2.25. The highest BCUT2D eigenvalue weighted by Gasteiger charge is 2.22. The van der Waals surface area contributed by atoms with Crippen LogP contribution in [0, 0.1) is 3.95 Å². The molecule has 0 saturated carbocycles. The van der Waals surface area contributed by atoms with Crippen LogP contribution in [0.2, 0.25) is 0 Å². The standard InChI is InChI=1S/C21H23NO2S2/c1-4-21(2,3)16-12-15(8-9-17(16)23)14-7-5-6-13(10-14)11-18-19(24)22-20(25)26-18/h5-10,12,23-24H,4,11H2,1-3H3,(H,22,25). The summed E-state index contributed by atoms with van der Waals surface area (Å²) in [5.74, 6) is 0.496. The van der Waals surface area contributed by atoms with Crippen LogP contribution in [0.15, 0.2) is 42.5 Å². The number of thiazole rings is 1. The van der Waals surface area contributed by atoms with Gasteiger partial charge in [0.05, 0.1) is 4.88 Å². The van der Waals surface area contributed by atoms with Gasteiger partial charge in [0.1, 0.15) is 5.75 Å². The number of H-pyrrole nitrogens is 1. The number of aromatic hydroxyl groups is 2. The fraction of sp³-hybridized carbons (Fsp3) is 0.286. The van der Waals surface area contributed by atoms with E-state index in [4.69, 9.17) is 12.2 Å². The van der Waals surface area contributed by atoms with Crippen LogP contribution in [0.5, 0.6) is 11.6 Å². The number of phenolic OH excluding ortho intramolecular Hbond substituents is 1. The molecule has 0 saturated heterocycles. The number of hydrogen-bond acceptors (Lipinski definition) is 4. The van der Waals surface area contributed by atoms with E-state index < -0.39 is 0 Å². The SMILES string of the molecule is CCC(C)(C)c1cc(-c2cccc(Cc3sc(=S)[nH]c3O)c2)ccc1O. The van der Waals surface area contributed by atoms with E-state index in [1.807, 2.05) is 18.2 Å². The summed E-state index contributed by atoms with van der Waals surface area (Å²) < 4.78 is 0.582. The van der Waals surface area contributed by atoms with Crippen LogP contribution in [0.1, 0.15) is 43.2 Å². The van der Waals surface area contributed by atoms with Crippen LogP contribution >= 0.6 is 23.6 Å². The van der Waals surface area contributed by atoms with Crippen LogP contribution < -0.4 is 0 Å². The van der Waals surface area contributed by atoms with Crippen LogP contribution in [0.3, 0.4) is 0 Å². The van der Waals surface area contributed by atoms with Gasteiger partial charge in [-0.15, -0.1) is 11.3 Å². The lowest BCUT2D eigenvalue weighted by atomic mass is 9.80. The zero-order chi connectivity index (χ0) is 18.9. The molecule has 3 aromatic rings. The average molecular weight is 386 g/mol. The molecule has 26 heavy (non-hydrogen) atoms. The quantitative estimate of drug-likeness (QED) is 0.461. The van der Waals surface area contributed by atoms with Gasteiger partial charge in [0, 0.05) is 12.0 Å². The van der Waals surface area contributed by atoms with E-state index in [0.717, 1.165) is 33.6 Å². The van der Waals surface area contributed by atoms with Crippen molar-refractivity contribution in [2.75, 3.05) is 0 Å². The molecule has 0 atom stereocenters. The lowest BCUT2D eigenvalue weighted by Crippen LogP contribution is -2.15. The van der Waals surface area contributed by atoms with Crippen molar-refractivity contribution < 1.29 is 10.2 Å². The summed E-state index contributed by atoms with van der Waals surface area (Å²) in [7, 11) is 0. The largest absolute Gasteiger partial charge is 0.508 e. The van der Waals surface area contributed by atoms with Gasteiger partial charge in [-0.2, -0.15) is 0 Å². The first kappa shape index (κ1) is 18.7. The zero-order valence-corrected chi connectivity index (χ0v) is 16.8. The van der Waals surface area contributed by atoms with Crippen LogP contribution in [-0.2, 0) is 11.8 Å². The highest BCUT2D eigenvalue weighted by atomic mass is 32.1. The molecular formula is C21H23NO2S2. The normalized spacial score (nSPS) is 11.7. The molecule has 0 unspecified atom stereocenters. The van der Waals surface area contributed by atoms with Gasteiger partial charge in [-0.05, 0) is 52.9 Å². The first-order chi connectivity index (χ1) is 12.3. The van der Waals surface area contributed by atoms with Gasteiger partial charge >= 0.3 is 0 Å². The molecule has 0 aliphatic carbocycles. The summed E-state index contributed by atoms with van der Waals surface area (Å²) in [5.41, 5.74) is 4.15. The number of hydrogen-bond donors (Lipinski definition) is 3. The second kappa shape index (κ2) is 7.25. The van der Waals surface area contributed by atoms with Crippen molar-refractivity contribution in [3.63, 3.8) is 0 Å². The topological polar surface area (TPSA) is 56.2 Å². The molecule has 1 aromatic heterocycles. The molecule has 0 amide bonds. The van der Waals surface area contributed by atoms with Gasteiger partial charge in [-0.25, -0.2) is 0 Å². The average Bonchev–Trinajstić information content (AvgIpc) is 2.92. The van der Waals surface area contributed by atoms with Crippen molar-refractivity contribution in [3.8, 4) is 22.8 Å².